The highest BCUT2D eigenvalue weighted by atomic mass is 79.9. The molecule has 0 saturated heterocycles. The number of allylic oxidation sites excluding steroid dienone is 1. The molecule has 3 heteroatoms. The molecule has 1 heterocycles. The van der Waals surface area contributed by atoms with Crippen molar-refractivity contribution in [3.63, 3.8) is 0 Å². The number of furan rings is 1. The normalized spacial score (nSPS) is 14.1. The van der Waals surface area contributed by atoms with E-state index in [2.05, 4.69) is 15.9 Å². The zero-order valence-corrected chi connectivity index (χ0v) is 8.39. The first-order chi connectivity index (χ1) is 5.18. The summed E-state index contributed by atoms with van der Waals surface area (Å²) in [4.78, 5) is 0. The van der Waals surface area contributed by atoms with Gasteiger partial charge in [0.15, 0.2) is 4.67 Å². The highest BCUT2D eigenvalue weighted by molar-refractivity contribution is 9.10. The summed E-state index contributed by atoms with van der Waals surface area (Å²) in [6.45, 7) is 1.90. The lowest BCUT2D eigenvalue weighted by molar-refractivity contribution is 0.531. The molecule has 0 N–H and O–H groups in total. The smallest absolute Gasteiger partial charge is 0.169 e. The van der Waals surface area contributed by atoms with E-state index < -0.39 is 0 Å². The minimum absolute atomic E-state index is 0.0406. The molecule has 1 rings (SSSR count). The van der Waals surface area contributed by atoms with Crippen LogP contribution >= 0.6 is 27.5 Å². The molecule has 1 aromatic heterocycles. The molecule has 0 aliphatic carbocycles. The summed E-state index contributed by atoms with van der Waals surface area (Å²) < 4.78 is 5.94. The van der Waals surface area contributed by atoms with Crippen molar-refractivity contribution in [1.82, 2.24) is 0 Å². The summed E-state index contributed by atoms with van der Waals surface area (Å²) in [6, 6.07) is 3.72. The summed E-state index contributed by atoms with van der Waals surface area (Å²) in [6.07, 6.45) is 3.72. The van der Waals surface area contributed by atoms with Gasteiger partial charge in [0.1, 0.15) is 5.76 Å². The average Bonchev–Trinajstić information content (AvgIpc) is 2.31. The lowest BCUT2D eigenvalue weighted by atomic mass is 10.3. The Bertz CT molecular complexity index is 252. The van der Waals surface area contributed by atoms with Crippen LogP contribution in [-0.2, 0) is 0 Å². The number of rotatable bonds is 2. The predicted molar refractivity (Wildman–Crippen MR) is 50.8 cm³/mol. The Balaban J connectivity index is 2.64. The minimum Gasteiger partial charge on any atom is -0.450 e. The minimum atomic E-state index is 0.0406. The molecular formula is C8H8BrClO. The van der Waals surface area contributed by atoms with Crippen molar-refractivity contribution in [2.45, 2.75) is 12.3 Å². The molecule has 0 fully saturated rings. The number of halogens is 2. The third-order valence-electron chi connectivity index (χ3n) is 1.12. The van der Waals surface area contributed by atoms with Gasteiger partial charge in [-0.25, -0.2) is 0 Å². The highest BCUT2D eigenvalue weighted by Gasteiger charge is 1.94. The molecule has 1 nitrogen and oxygen atoms in total. The van der Waals surface area contributed by atoms with Crippen LogP contribution in [0.1, 0.15) is 12.7 Å². The van der Waals surface area contributed by atoms with Gasteiger partial charge in [-0.15, -0.1) is 11.6 Å². The van der Waals surface area contributed by atoms with E-state index in [1.54, 1.807) is 0 Å². The van der Waals surface area contributed by atoms with E-state index in [0.29, 0.717) is 0 Å². The van der Waals surface area contributed by atoms with Gasteiger partial charge in [-0.2, -0.15) is 0 Å². The first-order valence-electron chi connectivity index (χ1n) is 3.26. The molecule has 0 aromatic carbocycles. The topological polar surface area (TPSA) is 13.1 Å². The molecule has 0 aliphatic heterocycles. The molecule has 0 radical (unpaired) electrons. The van der Waals surface area contributed by atoms with Crippen molar-refractivity contribution in [2.24, 2.45) is 0 Å². The van der Waals surface area contributed by atoms with Crippen molar-refractivity contribution >= 4 is 33.6 Å². The fourth-order valence-corrected chi connectivity index (χ4v) is 1.04. The SMILES string of the molecule is CC(Cl)/C=C/c1ccc(Br)o1. The van der Waals surface area contributed by atoms with E-state index in [-0.39, 0.29) is 5.38 Å². The standard InChI is InChI=1S/C8H8BrClO/c1-6(10)2-3-7-4-5-8(9)11-7/h2-6H,1H3/b3-2+. The predicted octanol–water partition coefficient (Wildman–Crippen LogP) is 3.68. The van der Waals surface area contributed by atoms with Crippen LogP contribution in [-0.4, -0.2) is 5.38 Å². The highest BCUT2D eigenvalue weighted by Crippen LogP contribution is 2.15. The van der Waals surface area contributed by atoms with Crippen LogP contribution < -0.4 is 0 Å². The van der Waals surface area contributed by atoms with E-state index >= 15 is 0 Å². The zero-order chi connectivity index (χ0) is 8.27. The molecule has 0 amide bonds. The summed E-state index contributed by atoms with van der Waals surface area (Å²) in [5.41, 5.74) is 0. The molecule has 1 unspecified atom stereocenters. The maximum Gasteiger partial charge on any atom is 0.169 e. The number of alkyl halides is 1. The lowest BCUT2D eigenvalue weighted by Crippen LogP contribution is -1.79. The largest absolute Gasteiger partial charge is 0.450 e. The quantitative estimate of drug-likeness (QED) is 0.713. The molecule has 0 saturated carbocycles. The van der Waals surface area contributed by atoms with Crippen LogP contribution in [0.25, 0.3) is 6.08 Å². The van der Waals surface area contributed by atoms with E-state index in [9.17, 15) is 0 Å². The Morgan fingerprint density at radius 3 is 2.82 bits per heavy atom. The number of hydrogen-bond donors (Lipinski definition) is 0. The van der Waals surface area contributed by atoms with Gasteiger partial charge in [0, 0.05) is 5.38 Å². The Hall–Kier alpha value is -0.210. The summed E-state index contributed by atoms with van der Waals surface area (Å²) >= 11 is 8.90. The second-order valence-corrected chi connectivity index (χ2v) is 3.65. The van der Waals surface area contributed by atoms with Crippen molar-refractivity contribution < 1.29 is 4.42 Å². The maximum atomic E-state index is 5.69. The van der Waals surface area contributed by atoms with Crippen molar-refractivity contribution in [1.29, 1.82) is 0 Å². The van der Waals surface area contributed by atoms with E-state index in [1.165, 1.54) is 0 Å². The Labute approximate surface area is 79.2 Å². The summed E-state index contributed by atoms with van der Waals surface area (Å²) in [5.74, 6) is 0.810. The molecule has 1 aromatic rings. The third-order valence-corrected chi connectivity index (χ3v) is 1.69. The van der Waals surface area contributed by atoms with Gasteiger partial charge in [0.25, 0.3) is 0 Å². The van der Waals surface area contributed by atoms with Gasteiger partial charge < -0.3 is 4.42 Å². The van der Waals surface area contributed by atoms with Crippen LogP contribution in [0.5, 0.6) is 0 Å². The first kappa shape index (κ1) is 8.88. The van der Waals surface area contributed by atoms with Crippen molar-refractivity contribution in [3.8, 4) is 0 Å². The second kappa shape index (κ2) is 3.98. The van der Waals surface area contributed by atoms with Crippen LogP contribution in [0.3, 0.4) is 0 Å². The van der Waals surface area contributed by atoms with Crippen molar-refractivity contribution in [2.75, 3.05) is 0 Å². The van der Waals surface area contributed by atoms with Gasteiger partial charge in [-0.05, 0) is 41.1 Å². The molecule has 0 aliphatic rings. The van der Waals surface area contributed by atoms with Gasteiger partial charge >= 0.3 is 0 Å². The van der Waals surface area contributed by atoms with Crippen LogP contribution in [0.4, 0.5) is 0 Å². The maximum absolute atomic E-state index is 5.69. The molecule has 60 valence electrons. The van der Waals surface area contributed by atoms with Gasteiger partial charge in [-0.1, -0.05) is 6.08 Å². The molecule has 11 heavy (non-hydrogen) atoms. The fraction of sp³-hybridized carbons (Fsp3) is 0.250. The average molecular weight is 236 g/mol. The van der Waals surface area contributed by atoms with Crippen molar-refractivity contribution in [3.05, 3.63) is 28.6 Å². The fourth-order valence-electron chi connectivity index (χ4n) is 0.645. The Morgan fingerprint density at radius 1 is 1.64 bits per heavy atom. The molecular weight excluding hydrogens is 227 g/mol. The van der Waals surface area contributed by atoms with Crippen LogP contribution in [0, 0.1) is 0 Å². The third kappa shape index (κ3) is 3.12. The molecule has 0 spiro atoms. The monoisotopic (exact) mass is 234 g/mol. The summed E-state index contributed by atoms with van der Waals surface area (Å²) in [7, 11) is 0. The second-order valence-electron chi connectivity index (χ2n) is 2.18. The van der Waals surface area contributed by atoms with E-state index in [0.717, 1.165) is 10.4 Å². The summed E-state index contributed by atoms with van der Waals surface area (Å²) in [5, 5.41) is 0.0406. The van der Waals surface area contributed by atoms with Crippen LogP contribution in [0.2, 0.25) is 0 Å². The van der Waals surface area contributed by atoms with Gasteiger partial charge in [0.05, 0.1) is 0 Å². The number of hydrogen-bond acceptors (Lipinski definition) is 1. The lowest BCUT2D eigenvalue weighted by Gasteiger charge is -1.88. The van der Waals surface area contributed by atoms with Gasteiger partial charge in [-0.3, -0.25) is 0 Å². The van der Waals surface area contributed by atoms with E-state index in [1.807, 2.05) is 31.2 Å². The zero-order valence-electron chi connectivity index (χ0n) is 6.05. The van der Waals surface area contributed by atoms with E-state index in [4.69, 9.17) is 16.0 Å². The first-order valence-corrected chi connectivity index (χ1v) is 4.49. The van der Waals surface area contributed by atoms with Gasteiger partial charge in [0.2, 0.25) is 0 Å². The Morgan fingerprint density at radius 2 is 2.36 bits per heavy atom. The Kier molecular flexibility index (Phi) is 3.21. The molecule has 0 bridgehead atoms. The van der Waals surface area contributed by atoms with Crippen LogP contribution in [0.15, 0.2) is 27.3 Å². The molecule has 1 atom stereocenters.